The number of fused-ring (bicyclic) bond motifs is 5. The third-order valence-corrected chi connectivity index (χ3v) is 8.56. The van der Waals surface area contributed by atoms with Crippen LogP contribution in [-0.2, 0) is 19.6 Å². The molecule has 3 fully saturated rings. The van der Waals surface area contributed by atoms with E-state index in [1.165, 1.54) is 5.56 Å². The smallest absolute Gasteiger partial charge is 0.261 e. The third-order valence-electron chi connectivity index (χ3n) is 6.75. The molecule has 6 rings (SSSR count). The molecule has 2 aliphatic carbocycles. The van der Waals surface area contributed by atoms with Gasteiger partial charge in [-0.05, 0) is 56.1 Å². The average molecular weight is 433 g/mol. The highest BCUT2D eigenvalue weighted by Gasteiger charge is 2.40. The summed E-state index contributed by atoms with van der Waals surface area (Å²) in [7, 11) is -3.48. The number of carbonyl (C=O) groups excluding carboxylic acids is 1. The number of benzene rings is 1. The molecule has 0 radical (unpaired) electrons. The first-order valence-corrected chi connectivity index (χ1v) is 12.5. The minimum Gasteiger partial charge on any atom is -0.483 e. The lowest BCUT2D eigenvalue weighted by Gasteiger charge is -2.30. The largest absolute Gasteiger partial charge is 0.483 e. The van der Waals surface area contributed by atoms with Crippen LogP contribution in [-0.4, -0.2) is 62.1 Å². The highest BCUT2D eigenvalue weighted by molar-refractivity contribution is 7.91. The zero-order valence-corrected chi connectivity index (χ0v) is 17.9. The lowest BCUT2D eigenvalue weighted by atomic mass is 9.82. The van der Waals surface area contributed by atoms with E-state index in [1.807, 2.05) is 18.2 Å². The van der Waals surface area contributed by atoms with Crippen LogP contribution in [0.15, 0.2) is 28.7 Å². The van der Waals surface area contributed by atoms with Gasteiger partial charge in [-0.15, -0.1) is 0 Å². The van der Waals surface area contributed by atoms with Gasteiger partial charge in [0.25, 0.3) is 15.9 Å². The second-order valence-corrected chi connectivity index (χ2v) is 10.7. The summed E-state index contributed by atoms with van der Waals surface area (Å²) in [4.78, 5) is 14.7. The standard InChI is InChI=1S/C22H28N2O5S/c25-22-14-29-21-4-2-1-3-18(21)15-5-7-16(8-6-15)28-13-20-19(11-12-24(20)22)23-30(26,27)17-9-10-17/h1-4,15-17,20H,5-14H2/b23-19+/t15?,16?,20-/m0/s1. The van der Waals surface area contributed by atoms with Crippen molar-refractivity contribution in [1.82, 2.24) is 4.90 Å². The number of amides is 1. The van der Waals surface area contributed by atoms with Crippen molar-refractivity contribution in [3.8, 4) is 5.75 Å². The van der Waals surface area contributed by atoms with E-state index in [0.717, 1.165) is 31.4 Å². The molecule has 0 N–H and O–H groups in total. The minimum atomic E-state index is -3.48. The van der Waals surface area contributed by atoms with Crippen molar-refractivity contribution in [3.63, 3.8) is 0 Å². The summed E-state index contributed by atoms with van der Waals surface area (Å²) in [5.41, 5.74) is 1.72. The average Bonchev–Trinajstić information content (AvgIpc) is 3.54. The molecule has 2 bridgehead atoms. The molecule has 30 heavy (non-hydrogen) atoms. The summed E-state index contributed by atoms with van der Waals surface area (Å²) in [6.45, 7) is 0.684. The fourth-order valence-electron chi connectivity index (χ4n) is 4.87. The van der Waals surface area contributed by atoms with E-state index < -0.39 is 16.1 Å². The SMILES string of the molecule is O=C1COc2ccccc2C2CCC(CC2)OC[C@H]2/C(=N/S(=O)(=O)C3CC3)CCN12. The maximum absolute atomic E-state index is 13.0. The van der Waals surface area contributed by atoms with Crippen molar-refractivity contribution in [2.75, 3.05) is 19.8 Å². The molecular weight excluding hydrogens is 404 g/mol. The predicted molar refractivity (Wildman–Crippen MR) is 112 cm³/mol. The van der Waals surface area contributed by atoms with E-state index in [9.17, 15) is 13.2 Å². The molecule has 3 aliphatic heterocycles. The highest BCUT2D eigenvalue weighted by Crippen LogP contribution is 2.39. The van der Waals surface area contributed by atoms with E-state index in [0.29, 0.717) is 44.0 Å². The molecule has 0 aromatic heterocycles. The van der Waals surface area contributed by atoms with Crippen LogP contribution >= 0.6 is 0 Å². The Morgan fingerprint density at radius 1 is 1.03 bits per heavy atom. The summed E-state index contributed by atoms with van der Waals surface area (Å²) in [6, 6.07) is 7.55. The molecule has 8 heteroatoms. The molecule has 5 aliphatic rings. The van der Waals surface area contributed by atoms with Crippen LogP contribution in [0.2, 0.25) is 0 Å². The van der Waals surface area contributed by atoms with E-state index in [4.69, 9.17) is 9.47 Å². The Kier molecular flexibility index (Phi) is 5.31. The lowest BCUT2D eigenvalue weighted by Crippen LogP contribution is -2.44. The van der Waals surface area contributed by atoms with Crippen molar-refractivity contribution >= 4 is 21.6 Å². The van der Waals surface area contributed by atoms with Crippen LogP contribution in [0.1, 0.15) is 56.4 Å². The van der Waals surface area contributed by atoms with Crippen molar-refractivity contribution in [2.45, 2.75) is 68.3 Å². The minimum absolute atomic E-state index is 0.0632. The maximum Gasteiger partial charge on any atom is 0.261 e. The van der Waals surface area contributed by atoms with Crippen LogP contribution in [0.25, 0.3) is 0 Å². The molecule has 2 saturated carbocycles. The molecule has 0 spiro atoms. The van der Waals surface area contributed by atoms with Gasteiger partial charge in [0.2, 0.25) is 0 Å². The Balaban J connectivity index is 1.43. The van der Waals surface area contributed by atoms with Gasteiger partial charge in [0, 0.05) is 13.0 Å². The topological polar surface area (TPSA) is 85.3 Å². The van der Waals surface area contributed by atoms with E-state index in [1.54, 1.807) is 4.90 Å². The number of sulfonamides is 1. The number of hydrogen-bond donors (Lipinski definition) is 0. The third kappa shape index (κ3) is 3.99. The summed E-state index contributed by atoms with van der Waals surface area (Å²) in [5.74, 6) is 1.03. The van der Waals surface area contributed by atoms with Crippen molar-refractivity contribution in [1.29, 1.82) is 0 Å². The molecule has 3 heterocycles. The first-order valence-electron chi connectivity index (χ1n) is 11.0. The summed E-state index contributed by atoms with van der Waals surface area (Å²) in [5, 5.41) is -0.347. The Labute approximate surface area is 177 Å². The first-order chi connectivity index (χ1) is 14.5. The Bertz CT molecular complexity index is 948. The van der Waals surface area contributed by atoms with Crippen molar-refractivity contribution in [2.24, 2.45) is 4.40 Å². The molecule has 1 saturated heterocycles. The van der Waals surface area contributed by atoms with Crippen molar-refractivity contribution in [3.05, 3.63) is 29.8 Å². The van der Waals surface area contributed by atoms with Crippen LogP contribution in [0.5, 0.6) is 5.75 Å². The second kappa shape index (κ2) is 7.96. The number of rotatable bonds is 2. The van der Waals surface area contributed by atoms with Gasteiger partial charge in [0.1, 0.15) is 5.75 Å². The predicted octanol–water partition coefficient (Wildman–Crippen LogP) is 2.66. The number of hydrogen-bond acceptors (Lipinski definition) is 5. The van der Waals surface area contributed by atoms with Crippen LogP contribution in [0.3, 0.4) is 0 Å². The number of nitrogens with zero attached hydrogens (tertiary/aromatic N) is 2. The molecule has 162 valence electrons. The van der Waals surface area contributed by atoms with Crippen molar-refractivity contribution < 1.29 is 22.7 Å². The quantitative estimate of drug-likeness (QED) is 0.717. The summed E-state index contributed by atoms with van der Waals surface area (Å²) < 4.78 is 41.2. The monoisotopic (exact) mass is 432 g/mol. The summed E-state index contributed by atoms with van der Waals surface area (Å²) in [6.07, 6.45) is 5.90. The Morgan fingerprint density at radius 2 is 1.80 bits per heavy atom. The maximum atomic E-state index is 13.0. The fourth-order valence-corrected chi connectivity index (χ4v) is 6.29. The molecule has 1 aromatic rings. The normalized spacial score (nSPS) is 31.3. The van der Waals surface area contributed by atoms with Crippen LogP contribution in [0, 0.1) is 0 Å². The first kappa shape index (κ1) is 20.0. The molecule has 0 unspecified atom stereocenters. The molecule has 1 atom stereocenters. The number of para-hydroxylation sites is 1. The second-order valence-electron chi connectivity index (χ2n) is 8.78. The molecular formula is C22H28N2O5S. The summed E-state index contributed by atoms with van der Waals surface area (Å²) >= 11 is 0. The number of carbonyl (C=O) groups is 1. The van der Waals surface area contributed by atoms with Gasteiger partial charge in [0.05, 0.1) is 29.7 Å². The van der Waals surface area contributed by atoms with Crippen LogP contribution < -0.4 is 4.74 Å². The van der Waals surface area contributed by atoms with Gasteiger partial charge in [-0.25, -0.2) is 8.42 Å². The molecule has 1 aromatic carbocycles. The van der Waals surface area contributed by atoms with E-state index >= 15 is 0 Å². The van der Waals surface area contributed by atoms with E-state index in [2.05, 4.69) is 10.5 Å². The van der Waals surface area contributed by atoms with Gasteiger partial charge in [-0.3, -0.25) is 4.79 Å². The highest BCUT2D eigenvalue weighted by atomic mass is 32.2. The van der Waals surface area contributed by atoms with E-state index in [-0.39, 0.29) is 23.9 Å². The molecule has 7 nitrogen and oxygen atoms in total. The number of ether oxygens (including phenoxy) is 2. The Morgan fingerprint density at radius 3 is 2.57 bits per heavy atom. The van der Waals surface area contributed by atoms with Gasteiger partial charge < -0.3 is 14.4 Å². The molecule has 1 amide bonds. The fraction of sp³-hybridized carbons (Fsp3) is 0.636. The van der Waals surface area contributed by atoms with Gasteiger partial charge in [-0.1, -0.05) is 18.2 Å². The van der Waals surface area contributed by atoms with Crippen LogP contribution in [0.4, 0.5) is 0 Å². The van der Waals surface area contributed by atoms with Gasteiger partial charge in [-0.2, -0.15) is 4.40 Å². The zero-order chi connectivity index (χ0) is 20.7. The van der Waals surface area contributed by atoms with Gasteiger partial charge in [0.15, 0.2) is 6.61 Å². The van der Waals surface area contributed by atoms with Gasteiger partial charge >= 0.3 is 0 Å². The zero-order valence-electron chi connectivity index (χ0n) is 17.0. The lowest BCUT2D eigenvalue weighted by molar-refractivity contribution is -0.135. The Hall–Kier alpha value is -1.93.